The molecule has 3 rings (SSSR count). The largest absolute Gasteiger partial charge is 0.398 e. The first-order valence-electron chi connectivity index (χ1n) is 5.38. The molecule has 0 amide bonds. The Morgan fingerprint density at radius 3 is 2.72 bits per heavy atom. The van der Waals surface area contributed by atoms with Crippen molar-refractivity contribution in [1.82, 2.24) is 25.6 Å². The van der Waals surface area contributed by atoms with Crippen LogP contribution in [0.4, 0.5) is 5.69 Å². The molecule has 0 fully saturated rings. The van der Waals surface area contributed by atoms with Gasteiger partial charge >= 0.3 is 0 Å². The van der Waals surface area contributed by atoms with Gasteiger partial charge in [0, 0.05) is 29.2 Å². The van der Waals surface area contributed by atoms with E-state index in [0.29, 0.717) is 11.5 Å². The van der Waals surface area contributed by atoms with Crippen LogP contribution in [-0.4, -0.2) is 25.6 Å². The summed E-state index contributed by atoms with van der Waals surface area (Å²) in [5, 5.41) is 13.6. The molecule has 0 spiro atoms. The van der Waals surface area contributed by atoms with Crippen LogP contribution in [0.1, 0.15) is 0 Å². The number of hydrogen-bond acceptors (Lipinski definition) is 5. The zero-order chi connectivity index (χ0) is 12.4. The lowest BCUT2D eigenvalue weighted by molar-refractivity contribution is 0.881. The predicted molar refractivity (Wildman–Crippen MR) is 67.3 cm³/mol. The second kappa shape index (κ2) is 4.25. The number of rotatable bonds is 2. The number of tetrazole rings is 1. The van der Waals surface area contributed by atoms with Crippen LogP contribution in [0.25, 0.3) is 22.5 Å². The van der Waals surface area contributed by atoms with E-state index in [1.54, 1.807) is 12.4 Å². The number of nitrogens with two attached hydrogens (primary N) is 1. The highest BCUT2D eigenvalue weighted by Crippen LogP contribution is 2.27. The number of H-pyrrole nitrogens is 1. The van der Waals surface area contributed by atoms with Gasteiger partial charge in [0.25, 0.3) is 0 Å². The number of pyridine rings is 1. The number of aromatic amines is 1. The van der Waals surface area contributed by atoms with Gasteiger partial charge in [-0.3, -0.25) is 4.98 Å². The first-order valence-corrected chi connectivity index (χ1v) is 5.38. The molecule has 0 unspecified atom stereocenters. The van der Waals surface area contributed by atoms with Crippen LogP contribution >= 0.6 is 0 Å². The molecule has 88 valence electrons. The van der Waals surface area contributed by atoms with Crippen LogP contribution in [0.5, 0.6) is 0 Å². The van der Waals surface area contributed by atoms with Crippen molar-refractivity contribution in [2.45, 2.75) is 0 Å². The molecule has 0 saturated carbocycles. The highest BCUT2D eigenvalue weighted by Gasteiger charge is 2.07. The topological polar surface area (TPSA) is 93.4 Å². The lowest BCUT2D eigenvalue weighted by Gasteiger charge is -2.05. The number of nitrogens with one attached hydrogen (secondary N) is 1. The fourth-order valence-corrected chi connectivity index (χ4v) is 1.76. The molecule has 1 aromatic carbocycles. The molecule has 0 saturated heterocycles. The fraction of sp³-hybridized carbons (Fsp3) is 0. The summed E-state index contributed by atoms with van der Waals surface area (Å²) >= 11 is 0. The van der Waals surface area contributed by atoms with Gasteiger partial charge < -0.3 is 5.73 Å². The molecule has 3 N–H and O–H groups in total. The molecule has 0 bridgehead atoms. The van der Waals surface area contributed by atoms with E-state index in [-0.39, 0.29) is 0 Å². The first-order chi connectivity index (χ1) is 8.84. The van der Waals surface area contributed by atoms with Crippen LogP contribution in [0.15, 0.2) is 42.7 Å². The summed E-state index contributed by atoms with van der Waals surface area (Å²) < 4.78 is 0. The van der Waals surface area contributed by atoms with Gasteiger partial charge in [-0.1, -0.05) is 12.1 Å². The quantitative estimate of drug-likeness (QED) is 0.660. The van der Waals surface area contributed by atoms with Crippen LogP contribution in [0.2, 0.25) is 0 Å². The minimum Gasteiger partial charge on any atom is -0.398 e. The van der Waals surface area contributed by atoms with Crippen LogP contribution in [0, 0.1) is 0 Å². The van der Waals surface area contributed by atoms with E-state index in [1.165, 1.54) is 0 Å². The molecule has 6 nitrogen and oxygen atoms in total. The molecule has 6 heteroatoms. The Morgan fingerprint density at radius 1 is 1.11 bits per heavy atom. The zero-order valence-electron chi connectivity index (χ0n) is 9.41. The van der Waals surface area contributed by atoms with E-state index in [2.05, 4.69) is 25.6 Å². The van der Waals surface area contributed by atoms with Gasteiger partial charge in [0.1, 0.15) is 0 Å². The summed E-state index contributed by atoms with van der Waals surface area (Å²) in [5.41, 5.74) is 9.45. The van der Waals surface area contributed by atoms with Gasteiger partial charge in [0.05, 0.1) is 0 Å². The summed E-state index contributed by atoms with van der Waals surface area (Å²) in [6, 6.07) is 9.61. The highest BCUT2D eigenvalue weighted by atomic mass is 15.5. The molecule has 3 aromatic rings. The van der Waals surface area contributed by atoms with Crippen molar-refractivity contribution in [1.29, 1.82) is 0 Å². The van der Waals surface area contributed by atoms with Crippen LogP contribution < -0.4 is 5.73 Å². The van der Waals surface area contributed by atoms with Gasteiger partial charge in [-0.2, -0.15) is 0 Å². The number of benzene rings is 1. The zero-order valence-corrected chi connectivity index (χ0v) is 9.41. The van der Waals surface area contributed by atoms with E-state index in [0.717, 1.165) is 16.7 Å². The fourth-order valence-electron chi connectivity index (χ4n) is 1.76. The van der Waals surface area contributed by atoms with Crippen molar-refractivity contribution in [2.24, 2.45) is 0 Å². The number of nitrogens with zero attached hydrogens (tertiary/aromatic N) is 4. The van der Waals surface area contributed by atoms with Crippen LogP contribution in [-0.2, 0) is 0 Å². The van der Waals surface area contributed by atoms with Crippen LogP contribution in [0.3, 0.4) is 0 Å². The number of aromatic nitrogens is 5. The molecule has 2 aromatic heterocycles. The average Bonchev–Trinajstić information content (AvgIpc) is 2.93. The lowest BCUT2D eigenvalue weighted by atomic mass is 10.0. The van der Waals surface area contributed by atoms with Crippen molar-refractivity contribution < 1.29 is 0 Å². The second-order valence-corrected chi connectivity index (χ2v) is 3.79. The van der Waals surface area contributed by atoms with Crippen molar-refractivity contribution in [3.8, 4) is 22.5 Å². The maximum atomic E-state index is 6.01. The van der Waals surface area contributed by atoms with Gasteiger partial charge in [0.2, 0.25) is 0 Å². The molecule has 0 aliphatic carbocycles. The van der Waals surface area contributed by atoms with Crippen molar-refractivity contribution in [3.05, 3.63) is 42.7 Å². The normalized spacial score (nSPS) is 10.4. The third-order valence-corrected chi connectivity index (χ3v) is 2.65. The standard InChI is InChI=1S/C12H10N6/c13-11-6-8(9-2-1-5-14-7-9)3-4-10(11)12-15-17-18-16-12/h1-7H,13H2,(H,15,16,17,18). The van der Waals surface area contributed by atoms with Gasteiger partial charge in [-0.25, -0.2) is 5.10 Å². The van der Waals surface area contributed by atoms with E-state index in [4.69, 9.17) is 5.73 Å². The van der Waals surface area contributed by atoms with Gasteiger partial charge in [-0.15, -0.1) is 5.10 Å². The Hall–Kier alpha value is -2.76. The molecule has 0 aliphatic rings. The SMILES string of the molecule is Nc1cc(-c2cccnc2)ccc1-c1nnn[nH]1. The molecule has 0 aliphatic heterocycles. The molecule has 18 heavy (non-hydrogen) atoms. The molecular formula is C12H10N6. The smallest absolute Gasteiger partial charge is 0.181 e. The Kier molecular flexibility index (Phi) is 2.45. The Balaban J connectivity index is 2.05. The monoisotopic (exact) mass is 238 g/mol. The molecule has 2 heterocycles. The average molecular weight is 238 g/mol. The van der Waals surface area contributed by atoms with E-state index in [9.17, 15) is 0 Å². The summed E-state index contributed by atoms with van der Waals surface area (Å²) in [7, 11) is 0. The summed E-state index contributed by atoms with van der Waals surface area (Å²) in [5.74, 6) is 0.560. The Labute approximate surface area is 103 Å². The van der Waals surface area contributed by atoms with E-state index >= 15 is 0 Å². The summed E-state index contributed by atoms with van der Waals surface area (Å²) in [4.78, 5) is 4.08. The summed E-state index contributed by atoms with van der Waals surface area (Å²) in [6.07, 6.45) is 3.53. The highest BCUT2D eigenvalue weighted by molar-refractivity contribution is 5.77. The Bertz CT molecular complexity index is 648. The van der Waals surface area contributed by atoms with Crippen molar-refractivity contribution in [2.75, 3.05) is 5.73 Å². The van der Waals surface area contributed by atoms with Gasteiger partial charge in [-0.05, 0) is 34.2 Å². The third-order valence-electron chi connectivity index (χ3n) is 2.65. The van der Waals surface area contributed by atoms with Crippen molar-refractivity contribution in [3.63, 3.8) is 0 Å². The van der Waals surface area contributed by atoms with E-state index in [1.807, 2.05) is 30.3 Å². The molecule has 0 atom stereocenters. The number of hydrogen-bond donors (Lipinski definition) is 2. The number of anilines is 1. The first kappa shape index (κ1) is 10.4. The predicted octanol–water partition coefficient (Wildman–Crippen LogP) is 1.51. The maximum Gasteiger partial charge on any atom is 0.181 e. The minimum atomic E-state index is 0.560. The third kappa shape index (κ3) is 1.80. The minimum absolute atomic E-state index is 0.560. The molecule has 0 radical (unpaired) electrons. The Morgan fingerprint density at radius 2 is 2.06 bits per heavy atom. The van der Waals surface area contributed by atoms with E-state index < -0.39 is 0 Å². The summed E-state index contributed by atoms with van der Waals surface area (Å²) in [6.45, 7) is 0. The second-order valence-electron chi connectivity index (χ2n) is 3.79. The molecular weight excluding hydrogens is 228 g/mol. The van der Waals surface area contributed by atoms with Crippen molar-refractivity contribution >= 4 is 5.69 Å². The van der Waals surface area contributed by atoms with Gasteiger partial charge in [0.15, 0.2) is 5.82 Å². The lowest BCUT2D eigenvalue weighted by Crippen LogP contribution is -1.92. The maximum absolute atomic E-state index is 6.01. The number of nitrogen functional groups attached to an aromatic ring is 1.